The molecular formula is C18H23N7O2. The second-order valence-electron chi connectivity index (χ2n) is 6.43. The van der Waals surface area contributed by atoms with Crippen LogP contribution in [0.4, 0.5) is 11.6 Å². The van der Waals surface area contributed by atoms with Crippen LogP contribution in [0.25, 0.3) is 11.2 Å². The van der Waals surface area contributed by atoms with Gasteiger partial charge >= 0.3 is 5.69 Å². The van der Waals surface area contributed by atoms with Crippen molar-refractivity contribution < 1.29 is 0 Å². The Kier molecular flexibility index (Phi) is 5.11. The number of benzene rings is 1. The summed E-state index contributed by atoms with van der Waals surface area (Å²) < 4.78 is 3.05. The minimum atomic E-state index is -0.496. The Balaban J connectivity index is 1.93. The van der Waals surface area contributed by atoms with Crippen LogP contribution < -0.4 is 21.6 Å². The molecule has 0 radical (unpaired) electrons. The number of aryl methyl sites for hydroxylation is 2. The minimum Gasteiger partial charge on any atom is -0.378 e. The summed E-state index contributed by atoms with van der Waals surface area (Å²) in [7, 11) is 5.54. The predicted octanol–water partition coefficient (Wildman–Crippen LogP) is 1.35. The molecule has 9 heteroatoms. The predicted molar refractivity (Wildman–Crippen MR) is 108 cm³/mol. The normalized spacial score (nSPS) is 11.4. The Labute approximate surface area is 156 Å². The number of rotatable bonds is 6. The number of aromatic nitrogens is 4. The molecule has 0 fully saturated rings. The number of anilines is 2. The number of hydrogen-bond acceptors (Lipinski definition) is 6. The zero-order valence-electron chi connectivity index (χ0n) is 15.9. The van der Waals surface area contributed by atoms with E-state index in [1.54, 1.807) is 17.8 Å². The molecule has 0 saturated heterocycles. The summed E-state index contributed by atoms with van der Waals surface area (Å²) in [5, 5.41) is 4.23. The van der Waals surface area contributed by atoms with Crippen LogP contribution in [0.1, 0.15) is 18.9 Å². The standard InChI is InChI=1S/C18H23N7O2/c1-5-10-25-14-15(24(4)18(27)21-16(14)26)20-17(25)22-19-11-12-6-8-13(9-7-12)23(2)3/h6-9,11H,5,10H2,1-4H3,(H,20,22)(H,21,26,27). The van der Waals surface area contributed by atoms with Crippen molar-refractivity contribution in [3.63, 3.8) is 0 Å². The average Bonchev–Trinajstić information content (AvgIpc) is 3.00. The van der Waals surface area contributed by atoms with Gasteiger partial charge in [-0.2, -0.15) is 10.1 Å². The molecule has 1 aromatic carbocycles. The van der Waals surface area contributed by atoms with Gasteiger partial charge in [0.15, 0.2) is 11.2 Å². The lowest BCUT2D eigenvalue weighted by Crippen LogP contribution is -2.29. The van der Waals surface area contributed by atoms with E-state index in [1.165, 1.54) is 4.57 Å². The zero-order chi connectivity index (χ0) is 19.6. The third kappa shape index (κ3) is 3.62. The molecular weight excluding hydrogens is 346 g/mol. The molecule has 0 atom stereocenters. The first-order valence-corrected chi connectivity index (χ1v) is 8.68. The summed E-state index contributed by atoms with van der Waals surface area (Å²) in [6, 6.07) is 7.93. The zero-order valence-corrected chi connectivity index (χ0v) is 15.9. The number of hydrazone groups is 1. The van der Waals surface area contributed by atoms with Gasteiger partial charge in [-0.3, -0.25) is 14.3 Å². The molecule has 0 bridgehead atoms. The third-order valence-corrected chi connectivity index (χ3v) is 4.24. The lowest BCUT2D eigenvalue weighted by molar-refractivity contribution is 0.698. The van der Waals surface area contributed by atoms with Crippen molar-refractivity contribution in [2.45, 2.75) is 19.9 Å². The monoisotopic (exact) mass is 369 g/mol. The SMILES string of the molecule is CCCn1c(NN=Cc2ccc(N(C)C)cc2)nc2c1c(=O)[nH]c(=O)n2C. The van der Waals surface area contributed by atoms with E-state index in [9.17, 15) is 9.59 Å². The molecule has 0 saturated carbocycles. The van der Waals surface area contributed by atoms with Crippen LogP contribution in [0.2, 0.25) is 0 Å². The highest BCUT2D eigenvalue weighted by Crippen LogP contribution is 2.16. The Hall–Kier alpha value is -3.36. The van der Waals surface area contributed by atoms with Crippen LogP contribution in [0, 0.1) is 0 Å². The summed E-state index contributed by atoms with van der Waals surface area (Å²) in [6.07, 6.45) is 2.48. The number of hydrogen-bond donors (Lipinski definition) is 2. The van der Waals surface area contributed by atoms with E-state index in [0.29, 0.717) is 23.7 Å². The molecule has 9 nitrogen and oxygen atoms in total. The number of imidazole rings is 1. The molecule has 2 N–H and O–H groups in total. The van der Waals surface area contributed by atoms with Crippen LogP contribution >= 0.6 is 0 Å². The molecule has 2 heterocycles. The summed E-state index contributed by atoms with van der Waals surface area (Å²) in [4.78, 5) is 32.8. The molecule has 0 aliphatic carbocycles. The van der Waals surface area contributed by atoms with Gasteiger partial charge in [0.1, 0.15) is 0 Å². The molecule has 0 aliphatic rings. The van der Waals surface area contributed by atoms with Crippen molar-refractivity contribution in [2.75, 3.05) is 24.4 Å². The van der Waals surface area contributed by atoms with E-state index in [-0.39, 0.29) is 0 Å². The summed E-state index contributed by atoms with van der Waals surface area (Å²) in [6.45, 7) is 2.58. The summed E-state index contributed by atoms with van der Waals surface area (Å²) in [5.41, 5.74) is 4.65. The highest BCUT2D eigenvalue weighted by atomic mass is 16.2. The number of nitrogens with zero attached hydrogens (tertiary/aromatic N) is 5. The van der Waals surface area contributed by atoms with Crippen molar-refractivity contribution in [3.8, 4) is 0 Å². The molecule has 3 rings (SSSR count). The van der Waals surface area contributed by atoms with Crippen molar-refractivity contribution in [3.05, 3.63) is 50.7 Å². The molecule has 0 spiro atoms. The van der Waals surface area contributed by atoms with Crippen molar-refractivity contribution in [1.29, 1.82) is 0 Å². The Morgan fingerprint density at radius 2 is 1.96 bits per heavy atom. The van der Waals surface area contributed by atoms with E-state index in [1.807, 2.05) is 50.2 Å². The highest BCUT2D eigenvalue weighted by Gasteiger charge is 2.16. The van der Waals surface area contributed by atoms with Gasteiger partial charge in [-0.25, -0.2) is 10.2 Å². The van der Waals surface area contributed by atoms with Crippen molar-refractivity contribution in [1.82, 2.24) is 19.1 Å². The fraction of sp³-hybridized carbons (Fsp3) is 0.333. The Morgan fingerprint density at radius 3 is 2.59 bits per heavy atom. The van der Waals surface area contributed by atoms with Crippen LogP contribution in [-0.4, -0.2) is 39.4 Å². The first-order chi connectivity index (χ1) is 12.9. The molecule has 0 amide bonds. The van der Waals surface area contributed by atoms with Gasteiger partial charge in [0.05, 0.1) is 6.21 Å². The lowest BCUT2D eigenvalue weighted by atomic mass is 10.2. The number of H-pyrrole nitrogens is 1. The second-order valence-corrected chi connectivity index (χ2v) is 6.43. The second kappa shape index (κ2) is 7.48. The molecule has 0 aliphatic heterocycles. The van der Waals surface area contributed by atoms with E-state index in [2.05, 4.69) is 20.5 Å². The fourth-order valence-corrected chi connectivity index (χ4v) is 2.78. The maximum Gasteiger partial charge on any atom is 0.329 e. The highest BCUT2D eigenvalue weighted by molar-refractivity contribution is 5.81. The van der Waals surface area contributed by atoms with E-state index < -0.39 is 11.2 Å². The number of aromatic amines is 1. The largest absolute Gasteiger partial charge is 0.378 e. The van der Waals surface area contributed by atoms with Crippen molar-refractivity contribution in [2.24, 2.45) is 12.1 Å². The number of nitrogens with one attached hydrogen (secondary N) is 2. The first kappa shape index (κ1) is 18.4. The van der Waals surface area contributed by atoms with Gasteiger partial charge < -0.3 is 9.47 Å². The quantitative estimate of drug-likeness (QED) is 0.505. The topological polar surface area (TPSA) is 100 Å². The van der Waals surface area contributed by atoms with Gasteiger partial charge in [-0.1, -0.05) is 19.1 Å². The molecule has 2 aromatic heterocycles. The smallest absolute Gasteiger partial charge is 0.329 e. The summed E-state index contributed by atoms with van der Waals surface area (Å²) in [5.74, 6) is 0.416. The van der Waals surface area contributed by atoms with E-state index in [0.717, 1.165) is 17.7 Å². The lowest BCUT2D eigenvalue weighted by Gasteiger charge is -2.11. The van der Waals surface area contributed by atoms with Crippen LogP contribution in [0.5, 0.6) is 0 Å². The van der Waals surface area contributed by atoms with E-state index >= 15 is 0 Å². The van der Waals surface area contributed by atoms with Crippen LogP contribution in [0.3, 0.4) is 0 Å². The number of fused-ring (bicyclic) bond motifs is 1. The molecule has 27 heavy (non-hydrogen) atoms. The third-order valence-electron chi connectivity index (χ3n) is 4.24. The van der Waals surface area contributed by atoms with Gasteiger partial charge in [-0.15, -0.1) is 0 Å². The van der Waals surface area contributed by atoms with Gasteiger partial charge in [0.25, 0.3) is 5.56 Å². The summed E-state index contributed by atoms with van der Waals surface area (Å²) >= 11 is 0. The van der Waals surface area contributed by atoms with Gasteiger partial charge in [0, 0.05) is 33.4 Å². The first-order valence-electron chi connectivity index (χ1n) is 8.68. The Bertz CT molecular complexity index is 1090. The van der Waals surface area contributed by atoms with E-state index in [4.69, 9.17) is 0 Å². The molecule has 142 valence electrons. The molecule has 0 unspecified atom stereocenters. The van der Waals surface area contributed by atoms with Gasteiger partial charge in [-0.05, 0) is 24.1 Å². The maximum atomic E-state index is 12.2. The average molecular weight is 369 g/mol. The maximum absolute atomic E-state index is 12.2. The van der Waals surface area contributed by atoms with Crippen molar-refractivity contribution >= 4 is 29.0 Å². The van der Waals surface area contributed by atoms with Crippen LogP contribution in [0.15, 0.2) is 39.0 Å². The Morgan fingerprint density at radius 1 is 1.26 bits per heavy atom. The fourth-order valence-electron chi connectivity index (χ4n) is 2.78. The molecule has 3 aromatic rings. The minimum absolute atomic E-state index is 0.324. The van der Waals surface area contributed by atoms with Gasteiger partial charge in [0.2, 0.25) is 5.95 Å². The van der Waals surface area contributed by atoms with Crippen LogP contribution in [-0.2, 0) is 13.6 Å².